The highest BCUT2D eigenvalue weighted by Gasteiger charge is 2.38. The molecule has 0 radical (unpaired) electrons. The van der Waals surface area contributed by atoms with Gasteiger partial charge in [-0.25, -0.2) is 14.1 Å². The van der Waals surface area contributed by atoms with Crippen molar-refractivity contribution in [2.45, 2.75) is 37.5 Å². The maximum atomic E-state index is 14.3. The van der Waals surface area contributed by atoms with Gasteiger partial charge in [0.1, 0.15) is 5.75 Å². The summed E-state index contributed by atoms with van der Waals surface area (Å²) in [4.78, 5) is 62.4. The topological polar surface area (TPSA) is 181 Å². The predicted octanol–water partition coefficient (Wildman–Crippen LogP) is 5.78. The summed E-state index contributed by atoms with van der Waals surface area (Å²) in [7, 11) is -3.69. The molecule has 14 nitrogen and oxygen atoms in total. The van der Waals surface area contributed by atoms with Crippen LogP contribution in [0.1, 0.15) is 30.7 Å². The van der Waals surface area contributed by atoms with Crippen molar-refractivity contribution in [3.63, 3.8) is 0 Å². The molecule has 0 aromatic heterocycles. The van der Waals surface area contributed by atoms with E-state index in [-0.39, 0.29) is 92.9 Å². The van der Waals surface area contributed by atoms with E-state index < -0.39 is 56.0 Å². The fourth-order valence-corrected chi connectivity index (χ4v) is 9.70. The highest BCUT2D eigenvalue weighted by atomic mass is 35.5. The number of hydrogen-bond donors (Lipinski definition) is 3. The smallest absolute Gasteiger partial charge is 0.415 e. The molecule has 3 N–H and O–H groups in total. The second kappa shape index (κ2) is 27.1. The van der Waals surface area contributed by atoms with Crippen LogP contribution in [0.3, 0.4) is 0 Å². The minimum Gasteiger partial charge on any atom is -0.481 e. The van der Waals surface area contributed by atoms with Gasteiger partial charge in [-0.2, -0.15) is 11.8 Å². The summed E-state index contributed by atoms with van der Waals surface area (Å²) >= 11 is 25.2. The van der Waals surface area contributed by atoms with E-state index in [9.17, 15) is 33.6 Å². The van der Waals surface area contributed by atoms with Crippen LogP contribution in [-0.4, -0.2) is 125 Å². The molecule has 2 aromatic rings. The monoisotopic (exact) mass is 872 g/mol. The Morgan fingerprint density at radius 2 is 1.41 bits per heavy atom. The second-order valence-corrected chi connectivity index (χ2v) is 16.3. The number of thioether (sulfide) groups is 1. The standard InChI is InChI=1S/C34H45Cl4N4O10PS/c35-13-17-41(18-14-36)53(49,42(19-15-37)20-16-38)51-21-22-54-24-29(30(44)23-28(33(46)47)26-7-3-1-4-8-26)39-31(45)11-12-32(50-25-43)40-34(48)52-27-9-5-2-6-10-27/h1-10,25,28-29,32H,11-24H2,(H,39,45)(H,40,48)(H,46,47)/t28-,29+,32-/m1/s1. The largest absolute Gasteiger partial charge is 0.481 e. The van der Waals surface area contributed by atoms with Crippen molar-refractivity contribution < 1.29 is 47.6 Å². The van der Waals surface area contributed by atoms with Gasteiger partial charge in [0.25, 0.3) is 6.47 Å². The van der Waals surface area contributed by atoms with Gasteiger partial charge in [-0.15, -0.1) is 46.4 Å². The van der Waals surface area contributed by atoms with E-state index in [1.807, 2.05) is 0 Å². The average molecular weight is 875 g/mol. The summed E-state index contributed by atoms with van der Waals surface area (Å²) in [5.74, 6) is -2.45. The first-order valence-electron chi connectivity index (χ1n) is 16.8. The maximum Gasteiger partial charge on any atom is 0.415 e. The molecule has 0 bridgehead atoms. The summed E-state index contributed by atoms with van der Waals surface area (Å²) in [5.41, 5.74) is 0.416. The number of ketones is 1. The normalized spacial score (nSPS) is 13.1. The summed E-state index contributed by atoms with van der Waals surface area (Å²) in [6.07, 6.45) is -3.04. The lowest BCUT2D eigenvalue weighted by atomic mass is 9.92. The number of rotatable bonds is 29. The maximum absolute atomic E-state index is 14.3. The van der Waals surface area contributed by atoms with E-state index >= 15 is 0 Å². The van der Waals surface area contributed by atoms with Crippen LogP contribution in [0.25, 0.3) is 0 Å². The molecule has 0 unspecified atom stereocenters. The number of nitrogens with one attached hydrogen (secondary N) is 2. The Labute approximate surface area is 339 Å². The molecule has 2 aromatic carbocycles. The summed E-state index contributed by atoms with van der Waals surface area (Å²) < 4.78 is 33.5. The van der Waals surface area contributed by atoms with E-state index in [2.05, 4.69) is 10.6 Å². The zero-order chi connectivity index (χ0) is 39.8. The lowest BCUT2D eigenvalue weighted by Gasteiger charge is -2.37. The van der Waals surface area contributed by atoms with E-state index in [4.69, 9.17) is 60.4 Å². The third kappa shape index (κ3) is 17.1. The number of carboxylic acid groups (broad SMARTS) is 1. The van der Waals surface area contributed by atoms with Gasteiger partial charge in [0.2, 0.25) is 5.91 Å². The fraction of sp³-hybridized carbons (Fsp3) is 0.500. The molecule has 0 heterocycles. The quantitative estimate of drug-likeness (QED) is 0.0295. The molecule has 20 heteroatoms. The number of para-hydroxylation sites is 1. The van der Waals surface area contributed by atoms with E-state index in [0.717, 1.165) is 0 Å². The number of aliphatic carboxylic acids is 1. The summed E-state index contributed by atoms with van der Waals surface area (Å²) in [5, 5.41) is 15.0. The van der Waals surface area contributed by atoms with Crippen LogP contribution in [-0.2, 0) is 33.0 Å². The number of carboxylic acids is 1. The highest BCUT2D eigenvalue weighted by molar-refractivity contribution is 7.99. The van der Waals surface area contributed by atoms with Gasteiger partial charge in [0.05, 0.1) is 18.6 Å². The number of benzene rings is 2. The molecule has 0 fully saturated rings. The van der Waals surface area contributed by atoms with Gasteiger partial charge in [-0.05, 0) is 17.7 Å². The summed E-state index contributed by atoms with van der Waals surface area (Å²) in [6.45, 7) is 0.943. The number of halogens is 4. The third-order valence-electron chi connectivity index (χ3n) is 7.57. The van der Waals surface area contributed by atoms with Crippen LogP contribution in [0.15, 0.2) is 60.7 Å². The second-order valence-electron chi connectivity index (χ2n) is 11.3. The van der Waals surface area contributed by atoms with Crippen molar-refractivity contribution >= 4 is 96.1 Å². The van der Waals surface area contributed by atoms with Crippen molar-refractivity contribution in [1.29, 1.82) is 0 Å². The Morgan fingerprint density at radius 1 is 0.852 bits per heavy atom. The van der Waals surface area contributed by atoms with Crippen molar-refractivity contribution in [2.75, 3.05) is 67.8 Å². The first-order chi connectivity index (χ1) is 26.0. The molecule has 2 amide bonds. The van der Waals surface area contributed by atoms with E-state index in [0.29, 0.717) is 5.56 Å². The molecule has 0 saturated carbocycles. The lowest BCUT2D eigenvalue weighted by molar-refractivity contribution is -0.141. The highest BCUT2D eigenvalue weighted by Crippen LogP contribution is 2.54. The first kappa shape index (κ1) is 47.6. The first-order valence-corrected chi connectivity index (χ1v) is 21.6. The number of alkyl halides is 4. The van der Waals surface area contributed by atoms with Crippen molar-refractivity contribution in [3.8, 4) is 5.75 Å². The number of nitrogens with zero attached hydrogens (tertiary/aromatic N) is 2. The van der Waals surface area contributed by atoms with Crippen molar-refractivity contribution in [3.05, 3.63) is 66.2 Å². The SMILES string of the molecule is O=CO[C@H](CCC(=O)N[C@@H](CSCCOP(=O)(N(CCCl)CCCl)N(CCCl)CCCl)C(=O)C[C@@H](C(=O)O)c1ccccc1)NC(=O)Oc1ccccc1. The molecule has 3 atom stereocenters. The predicted molar refractivity (Wildman–Crippen MR) is 211 cm³/mol. The Balaban J connectivity index is 2.16. The van der Waals surface area contributed by atoms with Gasteiger partial charge in [0, 0.05) is 80.5 Å². The van der Waals surface area contributed by atoms with E-state index in [1.165, 1.54) is 11.8 Å². The van der Waals surface area contributed by atoms with Gasteiger partial charge in [-0.1, -0.05) is 48.5 Å². The van der Waals surface area contributed by atoms with E-state index in [1.54, 1.807) is 70.0 Å². The number of ether oxygens (including phenoxy) is 2. The Bertz CT molecular complexity index is 1460. The molecular weight excluding hydrogens is 829 g/mol. The zero-order valence-electron chi connectivity index (χ0n) is 29.4. The van der Waals surface area contributed by atoms with Crippen LogP contribution in [0.2, 0.25) is 0 Å². The van der Waals surface area contributed by atoms with Crippen LogP contribution in [0, 0.1) is 0 Å². The van der Waals surface area contributed by atoms with Crippen LogP contribution < -0.4 is 15.4 Å². The third-order valence-corrected chi connectivity index (χ3v) is 12.0. The molecule has 0 spiro atoms. The minimum absolute atomic E-state index is 0.00936. The number of carbonyl (C=O) groups is 5. The molecule has 2 rings (SSSR count). The lowest BCUT2D eigenvalue weighted by Crippen LogP contribution is -2.44. The molecule has 0 aliphatic rings. The minimum atomic E-state index is -3.69. The number of carbonyl (C=O) groups excluding carboxylic acids is 4. The van der Waals surface area contributed by atoms with Crippen LogP contribution in [0.4, 0.5) is 4.79 Å². The van der Waals surface area contributed by atoms with Gasteiger partial charge >= 0.3 is 19.7 Å². The number of hydrogen-bond acceptors (Lipinski definition) is 10. The molecule has 54 heavy (non-hydrogen) atoms. The Hall–Kier alpha value is -2.59. The zero-order valence-corrected chi connectivity index (χ0v) is 34.1. The van der Waals surface area contributed by atoms with Crippen LogP contribution in [0.5, 0.6) is 5.75 Å². The number of amides is 2. The van der Waals surface area contributed by atoms with Crippen molar-refractivity contribution in [2.24, 2.45) is 0 Å². The van der Waals surface area contributed by atoms with Gasteiger partial charge in [-0.3, -0.25) is 29.1 Å². The molecule has 0 saturated heterocycles. The van der Waals surface area contributed by atoms with Gasteiger partial charge < -0.3 is 24.4 Å². The molecule has 0 aliphatic heterocycles. The van der Waals surface area contributed by atoms with Gasteiger partial charge in [0.15, 0.2) is 12.0 Å². The van der Waals surface area contributed by atoms with Crippen LogP contribution >= 0.6 is 65.8 Å². The van der Waals surface area contributed by atoms with Crippen molar-refractivity contribution in [1.82, 2.24) is 20.0 Å². The molecular formula is C34H45Cl4N4O10PS. The Kier molecular flexibility index (Phi) is 23.9. The Morgan fingerprint density at radius 3 is 1.93 bits per heavy atom. The summed E-state index contributed by atoms with van der Waals surface area (Å²) in [6, 6.07) is 15.2. The number of Topliss-reactive ketones (excluding diaryl/α,β-unsaturated/α-hetero) is 1. The molecule has 0 aliphatic carbocycles. The molecule has 300 valence electrons. The average Bonchev–Trinajstić information content (AvgIpc) is 3.15. The fourth-order valence-electron chi connectivity index (χ4n) is 5.00.